The van der Waals surface area contributed by atoms with E-state index in [0.29, 0.717) is 6.42 Å². The van der Waals surface area contributed by atoms with Crippen LogP contribution >= 0.6 is 0 Å². The zero-order valence-electron chi connectivity index (χ0n) is 12.1. The normalized spacial score (nSPS) is 11.0. The fourth-order valence-corrected chi connectivity index (χ4v) is 1.06. The van der Waals surface area contributed by atoms with Crippen molar-refractivity contribution in [2.75, 3.05) is 0 Å². The summed E-state index contributed by atoms with van der Waals surface area (Å²) in [4.78, 5) is 20.2. The second kappa shape index (κ2) is 16.9. The maximum absolute atomic E-state index is 10.1. The van der Waals surface area contributed by atoms with Crippen LogP contribution in [0.4, 0.5) is 0 Å². The van der Waals surface area contributed by atoms with Gasteiger partial charge in [0.25, 0.3) is 0 Å². The molecule has 0 aliphatic carbocycles. The molecule has 0 fully saturated rings. The summed E-state index contributed by atoms with van der Waals surface area (Å²) >= 11 is 0. The molecule has 0 heterocycles. The summed E-state index contributed by atoms with van der Waals surface area (Å²) in [6, 6.07) is 0. The van der Waals surface area contributed by atoms with E-state index >= 15 is 0 Å². The van der Waals surface area contributed by atoms with Gasteiger partial charge in [-0.1, -0.05) is 12.2 Å². The number of rotatable bonds is 7. The van der Waals surface area contributed by atoms with Gasteiger partial charge >= 0.3 is 103 Å². The largest absolute Gasteiger partial charge is 1.00 e. The Labute approximate surface area is 217 Å². The molecule has 0 radical (unpaired) electrons. The third kappa shape index (κ3) is 39.9. The quantitative estimate of drug-likeness (QED) is 0.0980. The van der Waals surface area contributed by atoms with Crippen molar-refractivity contribution in [3.05, 3.63) is 24.3 Å². The SMILES string of the molecule is NC(=O)C=CCC=CC(N)=O.O=S(=O)([O-])OOS(=O)(=O)[O-].[K+].[K+]. The average Bonchev–Trinajstić information content (AvgIpc) is 2.24. The Hall–Kier alpha value is 1.43. The molecule has 0 aliphatic rings. The number of carbonyl (C=O) groups excluding carboxylic acids is 2. The minimum absolute atomic E-state index is 0. The van der Waals surface area contributed by atoms with Gasteiger partial charge in [0.15, 0.2) is 0 Å². The minimum atomic E-state index is -5.31. The summed E-state index contributed by atoms with van der Waals surface area (Å²) in [6.45, 7) is 0. The summed E-state index contributed by atoms with van der Waals surface area (Å²) in [5.41, 5.74) is 9.59. The molecule has 0 spiro atoms. The van der Waals surface area contributed by atoms with Crippen molar-refractivity contribution in [1.29, 1.82) is 0 Å². The van der Waals surface area contributed by atoms with Crippen LogP contribution in [0.15, 0.2) is 24.3 Å². The maximum Gasteiger partial charge on any atom is 1.00 e. The maximum atomic E-state index is 10.1. The Kier molecular flexibility index (Phi) is 23.6. The van der Waals surface area contributed by atoms with E-state index in [1.807, 2.05) is 0 Å². The molecule has 12 nitrogen and oxygen atoms in total. The standard InChI is InChI=1S/C7H10N2O2.2K.H2O8S2/c8-6(10)4-2-1-3-5-7(9)11;;;1-9(2,3)7-8-10(4,5)6/h2-5H,1H2,(H2,8,10)(H2,9,11);;;(H,1,2,3)(H,4,5,6)/q;2*+1;/p-2. The summed E-state index contributed by atoms with van der Waals surface area (Å²) in [6.07, 6.45) is 6.02. The number of primary amides is 2. The molecule has 2 amide bonds. The third-order valence-electron chi connectivity index (χ3n) is 1.03. The molecule has 0 aliphatic heterocycles. The first kappa shape index (κ1) is 32.1. The fourth-order valence-electron chi connectivity index (χ4n) is 0.515. The first-order valence-electron chi connectivity index (χ1n) is 4.55. The van der Waals surface area contributed by atoms with Crippen LogP contribution in [0.3, 0.4) is 0 Å². The monoisotopic (exact) mass is 424 g/mol. The van der Waals surface area contributed by atoms with E-state index in [1.54, 1.807) is 12.2 Å². The average molecular weight is 424 g/mol. The van der Waals surface area contributed by atoms with E-state index in [0.717, 1.165) is 0 Å². The van der Waals surface area contributed by atoms with E-state index in [1.165, 1.54) is 12.2 Å². The first-order chi connectivity index (χ1) is 9.33. The molecule has 0 unspecified atom stereocenters. The van der Waals surface area contributed by atoms with Gasteiger partial charge in [-0.05, 0) is 18.6 Å². The molecule has 0 atom stereocenters. The Morgan fingerprint density at radius 2 is 1.09 bits per heavy atom. The second-order valence-corrected chi connectivity index (χ2v) is 4.70. The Balaban J connectivity index is -0.000000145. The number of hydrogen-bond donors (Lipinski definition) is 2. The fraction of sp³-hybridized carbons (Fsp3) is 0.143. The molecule has 0 bridgehead atoms. The summed E-state index contributed by atoms with van der Waals surface area (Å²) in [5, 5.41) is 0. The van der Waals surface area contributed by atoms with E-state index < -0.39 is 32.6 Å². The Bertz CT molecular complexity index is 559. The van der Waals surface area contributed by atoms with E-state index in [-0.39, 0.29) is 103 Å². The first-order valence-corrected chi connectivity index (χ1v) is 7.21. The number of carbonyl (C=O) groups is 2. The van der Waals surface area contributed by atoms with Crippen LogP contribution < -0.4 is 114 Å². The predicted molar refractivity (Wildman–Crippen MR) is 62.9 cm³/mol. The zero-order chi connectivity index (χ0) is 17.1. The molecule has 0 aromatic carbocycles. The molecular formula is C7H10K2N2O10S2. The number of hydrogen-bond acceptors (Lipinski definition) is 10. The smallest absolute Gasteiger partial charge is 0.724 e. The van der Waals surface area contributed by atoms with Crippen molar-refractivity contribution < 1.29 is 147 Å². The van der Waals surface area contributed by atoms with Crippen molar-refractivity contribution in [2.24, 2.45) is 11.5 Å². The molecule has 0 aromatic heterocycles. The third-order valence-corrected chi connectivity index (χ3v) is 1.59. The van der Waals surface area contributed by atoms with E-state index in [4.69, 9.17) is 11.5 Å². The van der Waals surface area contributed by atoms with Crippen LogP contribution in [0.5, 0.6) is 0 Å². The topological polar surface area (TPSA) is 219 Å². The van der Waals surface area contributed by atoms with Crippen LogP contribution in [0.25, 0.3) is 0 Å². The van der Waals surface area contributed by atoms with Gasteiger partial charge in [-0.25, -0.2) is 16.8 Å². The predicted octanol–water partition coefficient (Wildman–Crippen LogP) is -8.68. The molecule has 23 heavy (non-hydrogen) atoms. The van der Waals surface area contributed by atoms with Gasteiger partial charge in [-0.2, -0.15) is 0 Å². The Morgan fingerprint density at radius 3 is 1.26 bits per heavy atom. The second-order valence-electron chi connectivity index (χ2n) is 2.80. The van der Waals surface area contributed by atoms with E-state index in [2.05, 4.69) is 8.67 Å². The summed E-state index contributed by atoms with van der Waals surface area (Å²) in [7, 11) is -10.6. The van der Waals surface area contributed by atoms with Gasteiger partial charge in [0.05, 0.1) is 0 Å². The van der Waals surface area contributed by atoms with Crippen molar-refractivity contribution in [3.8, 4) is 0 Å². The van der Waals surface area contributed by atoms with Crippen LogP contribution in [0, 0.1) is 0 Å². The summed E-state index contributed by atoms with van der Waals surface area (Å²) < 4.78 is 61.5. The molecule has 0 saturated heterocycles. The van der Waals surface area contributed by atoms with Crippen LogP contribution in [0.1, 0.15) is 6.42 Å². The van der Waals surface area contributed by atoms with Crippen LogP contribution in [-0.4, -0.2) is 37.8 Å². The van der Waals surface area contributed by atoms with Gasteiger partial charge < -0.3 is 20.6 Å². The minimum Gasteiger partial charge on any atom is -0.724 e. The molecule has 4 N–H and O–H groups in total. The van der Waals surface area contributed by atoms with Crippen molar-refractivity contribution in [3.63, 3.8) is 0 Å². The molecular weight excluding hydrogens is 414 g/mol. The molecule has 0 aromatic rings. The van der Waals surface area contributed by atoms with Gasteiger partial charge in [-0.3, -0.25) is 9.59 Å². The molecule has 122 valence electrons. The van der Waals surface area contributed by atoms with Crippen LogP contribution in [0.2, 0.25) is 0 Å². The van der Waals surface area contributed by atoms with Gasteiger partial charge in [0, 0.05) is 0 Å². The van der Waals surface area contributed by atoms with Crippen LogP contribution in [-0.2, 0) is 39.1 Å². The van der Waals surface area contributed by atoms with Crippen molar-refractivity contribution in [2.45, 2.75) is 6.42 Å². The number of amides is 2. The Morgan fingerprint density at radius 1 is 0.826 bits per heavy atom. The zero-order valence-corrected chi connectivity index (χ0v) is 19.9. The molecule has 0 saturated carbocycles. The van der Waals surface area contributed by atoms with E-state index in [9.17, 15) is 35.5 Å². The van der Waals surface area contributed by atoms with Crippen molar-refractivity contribution >= 4 is 32.6 Å². The summed E-state index contributed by atoms with van der Waals surface area (Å²) in [5.74, 6) is -1.00. The molecule has 0 rings (SSSR count). The van der Waals surface area contributed by atoms with Gasteiger partial charge in [-0.15, -0.1) is 8.67 Å². The number of allylic oxidation sites excluding steroid dienone is 2. The number of nitrogens with two attached hydrogens (primary N) is 2. The van der Waals surface area contributed by atoms with Gasteiger partial charge in [0.2, 0.25) is 32.6 Å². The van der Waals surface area contributed by atoms with Crippen molar-refractivity contribution in [1.82, 2.24) is 0 Å². The van der Waals surface area contributed by atoms with Gasteiger partial charge in [0.1, 0.15) is 0 Å². The molecule has 16 heteroatoms.